The van der Waals surface area contributed by atoms with Gasteiger partial charge in [-0.1, -0.05) is 48.5 Å². The van der Waals surface area contributed by atoms with Gasteiger partial charge in [0.2, 0.25) is 11.8 Å². The molecule has 37 heavy (non-hydrogen) atoms. The number of carboxylic acids is 1. The van der Waals surface area contributed by atoms with Crippen molar-refractivity contribution in [3.8, 4) is 0 Å². The summed E-state index contributed by atoms with van der Waals surface area (Å²) in [6.07, 6.45) is 2.77. The number of hydrogen-bond acceptors (Lipinski definition) is 5. The minimum absolute atomic E-state index is 0.0692. The number of aliphatic carboxylic acids is 1. The first-order chi connectivity index (χ1) is 17.7. The smallest absolute Gasteiger partial charge is 0.326 e. The zero-order chi connectivity index (χ0) is 26.8. The van der Waals surface area contributed by atoms with Crippen LogP contribution in [0.2, 0.25) is 0 Å². The van der Waals surface area contributed by atoms with Crippen molar-refractivity contribution >= 4 is 34.6 Å². The lowest BCUT2D eigenvalue weighted by Gasteiger charge is -2.23. The first-order valence-electron chi connectivity index (χ1n) is 12.0. The van der Waals surface area contributed by atoms with Gasteiger partial charge >= 0.3 is 5.97 Å². The number of nitrogens with two attached hydrogens (primary N) is 2. The summed E-state index contributed by atoms with van der Waals surface area (Å²) in [5, 5.41) is 25.8. The third-order valence-corrected chi connectivity index (χ3v) is 5.97. The highest BCUT2D eigenvalue weighted by Crippen LogP contribution is 2.19. The molecule has 3 atom stereocenters. The van der Waals surface area contributed by atoms with Crippen LogP contribution in [0.25, 0.3) is 10.9 Å². The Bertz CT molecular complexity index is 1230. The summed E-state index contributed by atoms with van der Waals surface area (Å²) in [7, 11) is 0. The average molecular weight is 508 g/mol. The van der Waals surface area contributed by atoms with E-state index in [0.717, 1.165) is 22.0 Å². The van der Waals surface area contributed by atoms with Crippen molar-refractivity contribution in [3.05, 3.63) is 71.9 Å². The summed E-state index contributed by atoms with van der Waals surface area (Å²) in [6.45, 7) is 0.387. The van der Waals surface area contributed by atoms with Crippen LogP contribution in [-0.2, 0) is 27.2 Å². The van der Waals surface area contributed by atoms with Crippen LogP contribution in [0.4, 0.5) is 0 Å². The molecule has 3 rings (SSSR count). The predicted molar refractivity (Wildman–Crippen MR) is 141 cm³/mol. The van der Waals surface area contributed by atoms with E-state index in [-0.39, 0.29) is 18.8 Å². The van der Waals surface area contributed by atoms with E-state index in [2.05, 4.69) is 20.9 Å². The molecule has 11 nitrogen and oxygen atoms in total. The Morgan fingerprint density at radius 3 is 2.32 bits per heavy atom. The Kier molecular flexibility index (Phi) is 9.61. The maximum Gasteiger partial charge on any atom is 0.326 e. The van der Waals surface area contributed by atoms with Gasteiger partial charge in [-0.25, -0.2) is 4.79 Å². The highest BCUT2D eigenvalue weighted by molar-refractivity contribution is 5.92. The zero-order valence-corrected chi connectivity index (χ0v) is 20.4. The molecule has 1 heterocycles. The van der Waals surface area contributed by atoms with Crippen molar-refractivity contribution < 1.29 is 19.5 Å². The van der Waals surface area contributed by atoms with E-state index >= 15 is 0 Å². The number of carbonyl (C=O) groups is 3. The van der Waals surface area contributed by atoms with Crippen LogP contribution >= 0.6 is 0 Å². The van der Waals surface area contributed by atoms with Crippen LogP contribution in [0, 0.1) is 5.41 Å². The van der Waals surface area contributed by atoms with Gasteiger partial charge in [-0.2, -0.15) is 0 Å². The number of hydrogen-bond donors (Lipinski definition) is 8. The number of nitrogens with one attached hydrogen (secondary N) is 5. The summed E-state index contributed by atoms with van der Waals surface area (Å²) in [5.74, 6) is -2.49. The minimum Gasteiger partial charge on any atom is -0.480 e. The molecule has 0 aliphatic heterocycles. The van der Waals surface area contributed by atoms with Crippen LogP contribution in [0.3, 0.4) is 0 Å². The number of aromatic amines is 1. The van der Waals surface area contributed by atoms with Crippen molar-refractivity contribution in [2.24, 2.45) is 11.5 Å². The lowest BCUT2D eigenvalue weighted by atomic mass is 10.0. The fourth-order valence-electron chi connectivity index (χ4n) is 4.01. The highest BCUT2D eigenvalue weighted by Gasteiger charge is 2.29. The maximum atomic E-state index is 13.3. The number of H-pyrrole nitrogens is 1. The Hall–Kier alpha value is -4.38. The van der Waals surface area contributed by atoms with E-state index in [1.807, 2.05) is 54.6 Å². The first-order valence-corrected chi connectivity index (χ1v) is 12.0. The molecule has 196 valence electrons. The SMILES string of the molecule is N=C(N)NCCC[C@H](N)C(=O)N[C@@H](Cc1ccccc1)C(=O)N[C@@H](Cc1c[nH]c2ccccc12)C(=O)O. The van der Waals surface area contributed by atoms with Crippen LogP contribution in [-0.4, -0.2) is 58.5 Å². The maximum absolute atomic E-state index is 13.3. The second kappa shape index (κ2) is 13.1. The van der Waals surface area contributed by atoms with Crippen LogP contribution in [0.15, 0.2) is 60.8 Å². The standard InChI is InChI=1S/C26H33N7O4/c27-19(10-6-12-30-26(28)29)23(34)32-21(13-16-7-2-1-3-8-16)24(35)33-22(25(36)37)14-17-15-31-20-11-5-4-9-18(17)20/h1-5,7-9,11,15,19,21-22,31H,6,10,12-14,27H2,(H,32,34)(H,33,35)(H,36,37)(H4,28,29,30)/t19-,21-,22-/m0/s1. The molecule has 11 heteroatoms. The fraction of sp³-hybridized carbons (Fsp3) is 0.308. The van der Waals surface area contributed by atoms with Gasteiger partial charge < -0.3 is 37.5 Å². The van der Waals surface area contributed by atoms with Gasteiger partial charge in [0.15, 0.2) is 5.96 Å². The molecule has 3 aromatic rings. The quantitative estimate of drug-likeness (QED) is 0.0940. The molecule has 2 aromatic carbocycles. The Labute approximate surface area is 214 Å². The molecule has 0 saturated heterocycles. The summed E-state index contributed by atoms with van der Waals surface area (Å²) in [6, 6.07) is 13.5. The van der Waals surface area contributed by atoms with Gasteiger partial charge in [0.1, 0.15) is 12.1 Å². The van der Waals surface area contributed by atoms with Gasteiger partial charge in [-0.15, -0.1) is 0 Å². The normalized spacial score (nSPS) is 13.3. The minimum atomic E-state index is -1.20. The molecular weight excluding hydrogens is 474 g/mol. The lowest BCUT2D eigenvalue weighted by molar-refractivity contribution is -0.142. The molecule has 0 radical (unpaired) electrons. The summed E-state index contributed by atoms with van der Waals surface area (Å²) in [4.78, 5) is 41.2. The fourth-order valence-corrected chi connectivity index (χ4v) is 4.01. The Morgan fingerprint density at radius 1 is 0.946 bits per heavy atom. The molecule has 0 saturated carbocycles. The van der Waals surface area contributed by atoms with Gasteiger partial charge in [0.25, 0.3) is 0 Å². The molecule has 0 aliphatic carbocycles. The lowest BCUT2D eigenvalue weighted by Crippen LogP contribution is -2.55. The Morgan fingerprint density at radius 2 is 1.62 bits per heavy atom. The average Bonchev–Trinajstić information content (AvgIpc) is 3.28. The molecule has 0 spiro atoms. The van der Waals surface area contributed by atoms with Gasteiger partial charge in [0, 0.05) is 36.5 Å². The third-order valence-electron chi connectivity index (χ3n) is 5.97. The first kappa shape index (κ1) is 27.2. The van der Waals surface area contributed by atoms with Crippen LogP contribution in [0.5, 0.6) is 0 Å². The van der Waals surface area contributed by atoms with Crippen molar-refractivity contribution in [2.75, 3.05) is 6.54 Å². The van der Waals surface area contributed by atoms with E-state index in [9.17, 15) is 19.5 Å². The number of aromatic nitrogens is 1. The number of rotatable bonds is 13. The predicted octanol–water partition coefficient (Wildman–Crippen LogP) is 0.598. The second-order valence-corrected chi connectivity index (χ2v) is 8.80. The molecular formula is C26H33N7O4. The number of carboxylic acid groups (broad SMARTS) is 1. The van der Waals surface area contributed by atoms with Crippen molar-refractivity contribution in [2.45, 2.75) is 43.8 Å². The molecule has 0 unspecified atom stereocenters. The molecule has 0 bridgehead atoms. The molecule has 0 fully saturated rings. The topological polar surface area (TPSA) is 199 Å². The highest BCUT2D eigenvalue weighted by atomic mass is 16.4. The number of benzene rings is 2. The molecule has 1 aromatic heterocycles. The number of amides is 2. The number of para-hydroxylation sites is 1. The van der Waals surface area contributed by atoms with E-state index < -0.39 is 35.9 Å². The van der Waals surface area contributed by atoms with Crippen LogP contribution in [0.1, 0.15) is 24.0 Å². The van der Waals surface area contributed by atoms with Gasteiger partial charge in [-0.3, -0.25) is 15.0 Å². The van der Waals surface area contributed by atoms with E-state index in [4.69, 9.17) is 16.9 Å². The third kappa shape index (κ3) is 8.07. The van der Waals surface area contributed by atoms with E-state index in [1.54, 1.807) is 6.20 Å². The van der Waals surface area contributed by atoms with Crippen LogP contribution < -0.4 is 27.4 Å². The van der Waals surface area contributed by atoms with Crippen molar-refractivity contribution in [1.29, 1.82) is 5.41 Å². The number of guanidine groups is 1. The molecule has 2 amide bonds. The molecule has 10 N–H and O–H groups in total. The summed E-state index contributed by atoms with van der Waals surface area (Å²) >= 11 is 0. The monoisotopic (exact) mass is 507 g/mol. The summed E-state index contributed by atoms with van der Waals surface area (Å²) < 4.78 is 0. The van der Waals surface area contributed by atoms with Gasteiger partial charge in [-0.05, 0) is 30.0 Å². The second-order valence-electron chi connectivity index (χ2n) is 8.80. The Balaban J connectivity index is 1.70. The van der Waals surface area contributed by atoms with Crippen molar-refractivity contribution in [1.82, 2.24) is 20.9 Å². The van der Waals surface area contributed by atoms with Crippen molar-refractivity contribution in [3.63, 3.8) is 0 Å². The number of fused-ring (bicyclic) bond motifs is 1. The summed E-state index contributed by atoms with van der Waals surface area (Å²) in [5.41, 5.74) is 13.7. The largest absolute Gasteiger partial charge is 0.480 e. The van der Waals surface area contributed by atoms with E-state index in [1.165, 1.54) is 0 Å². The zero-order valence-electron chi connectivity index (χ0n) is 20.4. The molecule has 0 aliphatic rings. The van der Waals surface area contributed by atoms with E-state index in [0.29, 0.717) is 19.4 Å². The number of carbonyl (C=O) groups excluding carboxylic acids is 2. The van der Waals surface area contributed by atoms with Gasteiger partial charge in [0.05, 0.1) is 6.04 Å².